The van der Waals surface area contributed by atoms with E-state index in [0.29, 0.717) is 6.42 Å². The molecule has 0 bridgehead atoms. The molecular weight excluding hydrogens is 316 g/mol. The predicted octanol–water partition coefficient (Wildman–Crippen LogP) is 1.34. The molecular formula is C17H26O7. The molecule has 0 aromatic rings. The SMILES string of the molecule is CCC#CCC(C(C)=O)(C(=O)OC)C(CC(=O)OC)C(OC)OC. The van der Waals surface area contributed by atoms with Crippen molar-refractivity contribution in [1.82, 2.24) is 0 Å². The summed E-state index contributed by atoms with van der Waals surface area (Å²) in [5.74, 6) is 2.83. The molecule has 0 aliphatic carbocycles. The Morgan fingerprint density at radius 2 is 1.58 bits per heavy atom. The monoisotopic (exact) mass is 342 g/mol. The zero-order chi connectivity index (χ0) is 18.8. The Morgan fingerprint density at radius 3 is 1.96 bits per heavy atom. The van der Waals surface area contributed by atoms with Crippen LogP contribution >= 0.6 is 0 Å². The predicted molar refractivity (Wildman–Crippen MR) is 85.7 cm³/mol. The molecule has 0 saturated carbocycles. The van der Waals surface area contributed by atoms with E-state index in [1.165, 1.54) is 35.4 Å². The van der Waals surface area contributed by atoms with Crippen LogP contribution in [0, 0.1) is 23.2 Å². The minimum atomic E-state index is -1.69. The van der Waals surface area contributed by atoms with Crippen molar-refractivity contribution in [3.63, 3.8) is 0 Å². The third kappa shape index (κ3) is 5.05. The van der Waals surface area contributed by atoms with E-state index in [4.69, 9.17) is 14.2 Å². The van der Waals surface area contributed by atoms with Gasteiger partial charge >= 0.3 is 11.9 Å². The molecule has 0 aromatic heterocycles. The van der Waals surface area contributed by atoms with Crippen molar-refractivity contribution < 1.29 is 33.3 Å². The summed E-state index contributed by atoms with van der Waals surface area (Å²) < 4.78 is 20.0. The van der Waals surface area contributed by atoms with E-state index < -0.39 is 35.3 Å². The van der Waals surface area contributed by atoms with Gasteiger partial charge in [-0.25, -0.2) is 0 Å². The van der Waals surface area contributed by atoms with E-state index in [1.54, 1.807) is 0 Å². The number of rotatable bonds is 9. The molecule has 7 nitrogen and oxygen atoms in total. The lowest BCUT2D eigenvalue weighted by atomic mass is 9.68. The van der Waals surface area contributed by atoms with Gasteiger partial charge in [0.15, 0.2) is 6.29 Å². The topological polar surface area (TPSA) is 88.1 Å². The molecule has 2 unspecified atom stereocenters. The molecule has 0 radical (unpaired) electrons. The minimum absolute atomic E-state index is 0.103. The lowest BCUT2D eigenvalue weighted by molar-refractivity contribution is -0.193. The molecule has 0 N–H and O–H groups in total. The van der Waals surface area contributed by atoms with Gasteiger partial charge in [0, 0.05) is 33.0 Å². The average Bonchev–Trinajstić information content (AvgIpc) is 2.58. The second kappa shape index (κ2) is 10.8. The fourth-order valence-electron chi connectivity index (χ4n) is 2.58. The van der Waals surface area contributed by atoms with E-state index in [2.05, 4.69) is 16.6 Å². The Bertz CT molecular complexity index is 499. The van der Waals surface area contributed by atoms with E-state index >= 15 is 0 Å². The smallest absolute Gasteiger partial charge is 0.320 e. The van der Waals surface area contributed by atoms with E-state index in [9.17, 15) is 14.4 Å². The number of Topliss-reactive ketones (excluding diaryl/α,β-unsaturated/α-hetero) is 1. The van der Waals surface area contributed by atoms with Gasteiger partial charge in [-0.2, -0.15) is 0 Å². The highest BCUT2D eigenvalue weighted by molar-refractivity contribution is 6.03. The molecule has 0 saturated heterocycles. The zero-order valence-corrected chi connectivity index (χ0v) is 15.1. The third-order valence-electron chi connectivity index (χ3n) is 3.89. The lowest BCUT2D eigenvalue weighted by Crippen LogP contribution is -2.51. The normalized spacial score (nSPS) is 14.1. The highest BCUT2D eigenvalue weighted by atomic mass is 16.7. The van der Waals surface area contributed by atoms with Gasteiger partial charge in [-0.05, 0) is 6.92 Å². The van der Waals surface area contributed by atoms with Crippen molar-refractivity contribution >= 4 is 17.7 Å². The molecule has 2 atom stereocenters. The molecule has 0 aromatic carbocycles. The van der Waals surface area contributed by atoms with E-state index in [0.717, 1.165) is 0 Å². The van der Waals surface area contributed by atoms with Crippen molar-refractivity contribution in [3.8, 4) is 11.8 Å². The van der Waals surface area contributed by atoms with Crippen LogP contribution in [0.4, 0.5) is 0 Å². The molecule has 0 aliphatic heterocycles. The van der Waals surface area contributed by atoms with Gasteiger partial charge in [-0.3, -0.25) is 14.4 Å². The van der Waals surface area contributed by atoms with Crippen LogP contribution in [-0.2, 0) is 33.3 Å². The van der Waals surface area contributed by atoms with Crippen LogP contribution in [0.5, 0.6) is 0 Å². The standard InChI is InChI=1S/C17H26O7/c1-7-8-9-10-17(12(2)18,16(20)24-6)13(11-14(19)21-3)15(22-4)23-5/h13,15H,7,10-11H2,1-6H3. The largest absolute Gasteiger partial charge is 0.469 e. The maximum absolute atomic E-state index is 12.5. The zero-order valence-electron chi connectivity index (χ0n) is 15.1. The highest BCUT2D eigenvalue weighted by Gasteiger charge is 2.54. The second-order valence-corrected chi connectivity index (χ2v) is 5.13. The van der Waals surface area contributed by atoms with Crippen LogP contribution in [-0.4, -0.2) is 52.5 Å². The van der Waals surface area contributed by atoms with Gasteiger partial charge in [0.2, 0.25) is 0 Å². The molecule has 0 spiro atoms. The highest BCUT2D eigenvalue weighted by Crippen LogP contribution is 2.40. The van der Waals surface area contributed by atoms with Gasteiger partial charge in [0.05, 0.1) is 20.6 Å². The molecule has 0 rings (SSSR count). The fourth-order valence-corrected chi connectivity index (χ4v) is 2.58. The summed E-state index contributed by atoms with van der Waals surface area (Å²) in [6, 6.07) is 0. The first-order chi connectivity index (χ1) is 11.3. The molecule has 0 heterocycles. The van der Waals surface area contributed by atoms with Gasteiger partial charge in [-0.1, -0.05) is 6.92 Å². The van der Waals surface area contributed by atoms with Crippen molar-refractivity contribution in [2.24, 2.45) is 11.3 Å². The number of ketones is 1. The number of hydrogen-bond acceptors (Lipinski definition) is 7. The minimum Gasteiger partial charge on any atom is -0.469 e. The summed E-state index contributed by atoms with van der Waals surface area (Å²) >= 11 is 0. The van der Waals surface area contributed by atoms with Gasteiger partial charge in [0.1, 0.15) is 11.2 Å². The van der Waals surface area contributed by atoms with Crippen LogP contribution in [0.2, 0.25) is 0 Å². The Balaban J connectivity index is 6.24. The summed E-state index contributed by atoms with van der Waals surface area (Å²) in [4.78, 5) is 36.9. The Hall–Kier alpha value is -1.91. The summed E-state index contributed by atoms with van der Waals surface area (Å²) in [5, 5.41) is 0. The van der Waals surface area contributed by atoms with Crippen molar-refractivity contribution in [3.05, 3.63) is 0 Å². The van der Waals surface area contributed by atoms with Gasteiger partial charge < -0.3 is 18.9 Å². The van der Waals surface area contributed by atoms with Crippen LogP contribution in [0.15, 0.2) is 0 Å². The second-order valence-electron chi connectivity index (χ2n) is 5.13. The van der Waals surface area contributed by atoms with Crippen molar-refractivity contribution in [2.45, 2.75) is 39.4 Å². The number of ether oxygens (including phenoxy) is 4. The average molecular weight is 342 g/mol. The number of methoxy groups -OCH3 is 4. The van der Waals surface area contributed by atoms with Crippen molar-refractivity contribution in [2.75, 3.05) is 28.4 Å². The summed E-state index contributed by atoms with van der Waals surface area (Å²) in [7, 11) is 5.12. The van der Waals surface area contributed by atoms with Crippen LogP contribution in [0.1, 0.15) is 33.1 Å². The number of carbonyl (C=O) groups is 3. The summed E-state index contributed by atoms with van der Waals surface area (Å²) in [6.07, 6.45) is -0.788. The fraction of sp³-hybridized carbons (Fsp3) is 0.706. The summed E-state index contributed by atoms with van der Waals surface area (Å²) in [5.41, 5.74) is -1.69. The first-order valence-corrected chi connectivity index (χ1v) is 7.53. The molecule has 24 heavy (non-hydrogen) atoms. The Morgan fingerprint density at radius 1 is 1.00 bits per heavy atom. The van der Waals surface area contributed by atoms with Crippen LogP contribution in [0.25, 0.3) is 0 Å². The van der Waals surface area contributed by atoms with Gasteiger partial charge in [-0.15, -0.1) is 11.8 Å². The van der Waals surface area contributed by atoms with E-state index in [-0.39, 0.29) is 12.8 Å². The molecule has 0 aliphatic rings. The molecule has 0 fully saturated rings. The van der Waals surface area contributed by atoms with Crippen LogP contribution < -0.4 is 0 Å². The lowest BCUT2D eigenvalue weighted by Gasteiger charge is -2.37. The van der Waals surface area contributed by atoms with E-state index in [1.807, 2.05) is 6.92 Å². The molecule has 136 valence electrons. The number of esters is 2. The maximum atomic E-state index is 12.5. The molecule has 0 amide bonds. The number of hydrogen-bond donors (Lipinski definition) is 0. The van der Waals surface area contributed by atoms with Crippen molar-refractivity contribution in [1.29, 1.82) is 0 Å². The quantitative estimate of drug-likeness (QED) is 0.270. The van der Waals surface area contributed by atoms with Gasteiger partial charge in [0.25, 0.3) is 0 Å². The maximum Gasteiger partial charge on any atom is 0.320 e. The molecule has 7 heteroatoms. The Kier molecular flexibility index (Phi) is 9.93. The first-order valence-electron chi connectivity index (χ1n) is 7.53. The third-order valence-corrected chi connectivity index (χ3v) is 3.89. The van der Waals surface area contributed by atoms with Crippen LogP contribution in [0.3, 0.4) is 0 Å². The first kappa shape index (κ1) is 22.1. The Labute approximate surface area is 143 Å². The number of carbonyl (C=O) groups excluding carboxylic acids is 3. The summed E-state index contributed by atoms with van der Waals surface area (Å²) in [6.45, 7) is 3.11.